The topological polar surface area (TPSA) is 29.5 Å². The Balaban J connectivity index is 2.25. The van der Waals surface area contributed by atoms with Crippen LogP contribution in [0, 0.1) is 0 Å². The second-order valence-electron chi connectivity index (χ2n) is 4.38. The second kappa shape index (κ2) is 6.83. The molecular formula is C12H23NO2. The number of likely N-dealkylation sites (tertiary alicyclic amines) is 1. The summed E-state index contributed by atoms with van der Waals surface area (Å²) in [4.78, 5) is 13.9. The van der Waals surface area contributed by atoms with Crippen LogP contribution in [-0.2, 0) is 9.53 Å². The van der Waals surface area contributed by atoms with Gasteiger partial charge in [0.1, 0.15) is 0 Å². The lowest BCUT2D eigenvalue weighted by Gasteiger charge is -2.21. The molecule has 0 radical (unpaired) electrons. The third-order valence-corrected chi connectivity index (χ3v) is 3.13. The molecule has 0 aromatic carbocycles. The fourth-order valence-electron chi connectivity index (χ4n) is 1.92. The highest BCUT2D eigenvalue weighted by molar-refractivity contribution is 5.76. The number of methoxy groups -OCH3 is 1. The Bertz CT molecular complexity index is 186. The molecule has 1 amide bonds. The summed E-state index contributed by atoms with van der Waals surface area (Å²) in [6.45, 7) is 3.93. The third-order valence-electron chi connectivity index (χ3n) is 3.13. The molecule has 88 valence electrons. The maximum absolute atomic E-state index is 11.8. The highest BCUT2D eigenvalue weighted by Crippen LogP contribution is 2.12. The number of amides is 1. The van der Waals surface area contributed by atoms with Crippen LogP contribution in [0.3, 0.4) is 0 Å². The fraction of sp³-hybridized carbons (Fsp3) is 0.917. The molecule has 1 rings (SSSR count). The zero-order valence-electron chi connectivity index (χ0n) is 10.00. The normalized spacial score (nSPS) is 19.7. The molecule has 1 aliphatic rings. The number of carbonyl (C=O) groups excluding carboxylic acids is 1. The van der Waals surface area contributed by atoms with Crippen LogP contribution >= 0.6 is 0 Å². The summed E-state index contributed by atoms with van der Waals surface area (Å²) in [5.74, 6) is 0.306. The van der Waals surface area contributed by atoms with Crippen molar-refractivity contribution in [3.8, 4) is 0 Å². The quantitative estimate of drug-likeness (QED) is 0.716. The van der Waals surface area contributed by atoms with Crippen molar-refractivity contribution in [1.82, 2.24) is 4.90 Å². The Hall–Kier alpha value is -0.570. The molecule has 3 nitrogen and oxygen atoms in total. The molecule has 1 fully saturated rings. The van der Waals surface area contributed by atoms with Crippen molar-refractivity contribution >= 4 is 5.91 Å². The van der Waals surface area contributed by atoms with Crippen molar-refractivity contribution in [3.63, 3.8) is 0 Å². The van der Waals surface area contributed by atoms with Gasteiger partial charge in [-0.15, -0.1) is 0 Å². The molecule has 1 aliphatic heterocycles. The van der Waals surface area contributed by atoms with Crippen LogP contribution in [-0.4, -0.2) is 37.1 Å². The maximum atomic E-state index is 11.8. The fourth-order valence-corrected chi connectivity index (χ4v) is 1.92. The van der Waals surface area contributed by atoms with Gasteiger partial charge in [0.15, 0.2) is 0 Å². The Morgan fingerprint density at radius 1 is 1.27 bits per heavy atom. The summed E-state index contributed by atoms with van der Waals surface area (Å²) in [5, 5.41) is 0. The Labute approximate surface area is 92.8 Å². The van der Waals surface area contributed by atoms with Crippen LogP contribution in [0.2, 0.25) is 0 Å². The molecule has 0 saturated carbocycles. The summed E-state index contributed by atoms with van der Waals surface area (Å²) in [6, 6.07) is 0. The van der Waals surface area contributed by atoms with Gasteiger partial charge in [0.2, 0.25) is 5.91 Å². The zero-order chi connectivity index (χ0) is 11.1. The smallest absolute Gasteiger partial charge is 0.222 e. The molecule has 0 aliphatic carbocycles. The van der Waals surface area contributed by atoms with Crippen LogP contribution in [0.15, 0.2) is 0 Å². The molecule has 0 N–H and O–H groups in total. The van der Waals surface area contributed by atoms with Crippen molar-refractivity contribution in [2.75, 3.05) is 20.2 Å². The number of nitrogens with zero attached hydrogens (tertiary/aromatic N) is 1. The van der Waals surface area contributed by atoms with E-state index in [2.05, 4.69) is 0 Å². The summed E-state index contributed by atoms with van der Waals surface area (Å²) in [5.41, 5.74) is 0. The summed E-state index contributed by atoms with van der Waals surface area (Å²) in [7, 11) is 1.70. The van der Waals surface area contributed by atoms with Gasteiger partial charge in [0.05, 0.1) is 6.10 Å². The molecule has 1 heterocycles. The van der Waals surface area contributed by atoms with E-state index in [0.717, 1.165) is 19.5 Å². The highest BCUT2D eigenvalue weighted by atomic mass is 16.5. The monoisotopic (exact) mass is 213 g/mol. The van der Waals surface area contributed by atoms with Crippen LogP contribution in [0.25, 0.3) is 0 Å². The van der Waals surface area contributed by atoms with Gasteiger partial charge in [-0.2, -0.15) is 0 Å². The molecule has 0 aromatic heterocycles. The average molecular weight is 213 g/mol. The van der Waals surface area contributed by atoms with Crippen LogP contribution < -0.4 is 0 Å². The standard InChI is InChI=1S/C12H23NO2/c1-11(15-2)7-8-12(14)13-9-5-3-4-6-10-13/h11H,3-10H2,1-2H3. The van der Waals surface area contributed by atoms with Gasteiger partial charge in [-0.05, 0) is 26.2 Å². The highest BCUT2D eigenvalue weighted by Gasteiger charge is 2.15. The van der Waals surface area contributed by atoms with E-state index < -0.39 is 0 Å². The SMILES string of the molecule is COC(C)CCC(=O)N1CCCCCC1. The van der Waals surface area contributed by atoms with Crippen LogP contribution in [0.5, 0.6) is 0 Å². The lowest BCUT2D eigenvalue weighted by Crippen LogP contribution is -2.32. The Morgan fingerprint density at radius 2 is 1.87 bits per heavy atom. The van der Waals surface area contributed by atoms with Crippen molar-refractivity contribution in [2.24, 2.45) is 0 Å². The molecule has 1 saturated heterocycles. The lowest BCUT2D eigenvalue weighted by atomic mass is 10.2. The van der Waals surface area contributed by atoms with E-state index in [-0.39, 0.29) is 6.10 Å². The number of hydrogen-bond acceptors (Lipinski definition) is 2. The van der Waals surface area contributed by atoms with E-state index >= 15 is 0 Å². The van der Waals surface area contributed by atoms with Crippen molar-refractivity contribution in [3.05, 3.63) is 0 Å². The molecular weight excluding hydrogens is 190 g/mol. The number of rotatable bonds is 4. The van der Waals surface area contributed by atoms with Gasteiger partial charge in [-0.25, -0.2) is 0 Å². The van der Waals surface area contributed by atoms with Crippen LogP contribution in [0.1, 0.15) is 45.4 Å². The first-order valence-electron chi connectivity index (χ1n) is 6.04. The number of carbonyl (C=O) groups is 1. The minimum absolute atomic E-state index is 0.195. The van der Waals surface area contributed by atoms with Gasteiger partial charge < -0.3 is 9.64 Å². The largest absolute Gasteiger partial charge is 0.382 e. The predicted octanol–water partition coefficient (Wildman–Crippen LogP) is 2.20. The van der Waals surface area contributed by atoms with Gasteiger partial charge in [0, 0.05) is 26.6 Å². The van der Waals surface area contributed by atoms with Gasteiger partial charge in [-0.1, -0.05) is 12.8 Å². The van der Waals surface area contributed by atoms with Gasteiger partial charge in [0.25, 0.3) is 0 Å². The maximum Gasteiger partial charge on any atom is 0.222 e. The number of ether oxygens (including phenoxy) is 1. The molecule has 0 bridgehead atoms. The first-order valence-corrected chi connectivity index (χ1v) is 6.04. The molecule has 1 atom stereocenters. The predicted molar refractivity (Wildman–Crippen MR) is 60.8 cm³/mol. The Kier molecular flexibility index (Phi) is 5.69. The Morgan fingerprint density at radius 3 is 2.40 bits per heavy atom. The molecule has 3 heteroatoms. The molecule has 0 aromatic rings. The summed E-state index contributed by atoms with van der Waals surface area (Å²) >= 11 is 0. The summed E-state index contributed by atoms with van der Waals surface area (Å²) < 4.78 is 5.14. The van der Waals surface area contributed by atoms with Crippen molar-refractivity contribution in [2.45, 2.75) is 51.6 Å². The first kappa shape index (κ1) is 12.5. The van der Waals surface area contributed by atoms with E-state index in [1.165, 1.54) is 25.7 Å². The lowest BCUT2D eigenvalue weighted by molar-refractivity contribution is -0.131. The zero-order valence-corrected chi connectivity index (χ0v) is 10.00. The van der Waals surface area contributed by atoms with E-state index in [1.54, 1.807) is 7.11 Å². The average Bonchev–Trinajstić information content (AvgIpc) is 2.53. The number of hydrogen-bond donors (Lipinski definition) is 0. The van der Waals surface area contributed by atoms with E-state index in [1.807, 2.05) is 11.8 Å². The van der Waals surface area contributed by atoms with E-state index in [9.17, 15) is 4.79 Å². The van der Waals surface area contributed by atoms with E-state index in [0.29, 0.717) is 12.3 Å². The van der Waals surface area contributed by atoms with Crippen molar-refractivity contribution in [1.29, 1.82) is 0 Å². The minimum Gasteiger partial charge on any atom is -0.382 e. The van der Waals surface area contributed by atoms with Gasteiger partial charge >= 0.3 is 0 Å². The van der Waals surface area contributed by atoms with Crippen molar-refractivity contribution < 1.29 is 9.53 Å². The molecule has 15 heavy (non-hydrogen) atoms. The van der Waals surface area contributed by atoms with E-state index in [4.69, 9.17) is 4.74 Å². The third kappa shape index (κ3) is 4.65. The molecule has 0 spiro atoms. The summed E-state index contributed by atoms with van der Waals surface area (Å²) in [6.07, 6.45) is 6.56. The van der Waals surface area contributed by atoms with Crippen LogP contribution in [0.4, 0.5) is 0 Å². The first-order chi connectivity index (χ1) is 7.24. The molecule has 1 unspecified atom stereocenters. The van der Waals surface area contributed by atoms with Gasteiger partial charge in [-0.3, -0.25) is 4.79 Å². The second-order valence-corrected chi connectivity index (χ2v) is 4.38. The minimum atomic E-state index is 0.195.